The maximum Gasteiger partial charge on any atom is 0.259 e. The summed E-state index contributed by atoms with van der Waals surface area (Å²) in [6.45, 7) is 0. The van der Waals surface area contributed by atoms with Crippen LogP contribution < -0.4 is 14.8 Å². The van der Waals surface area contributed by atoms with Crippen molar-refractivity contribution in [1.82, 2.24) is 15.0 Å². The van der Waals surface area contributed by atoms with Crippen LogP contribution in [0.1, 0.15) is 24.6 Å². The van der Waals surface area contributed by atoms with Crippen LogP contribution in [0.3, 0.4) is 0 Å². The van der Waals surface area contributed by atoms with Gasteiger partial charge in [0.05, 0.1) is 42.3 Å². The first kappa shape index (κ1) is 21.5. The molecule has 0 spiro atoms. The van der Waals surface area contributed by atoms with Crippen molar-refractivity contribution in [1.29, 1.82) is 0 Å². The quantitative estimate of drug-likeness (QED) is 0.468. The highest BCUT2D eigenvalue weighted by Gasteiger charge is 2.36. The smallest absolute Gasteiger partial charge is 0.259 e. The lowest BCUT2D eigenvalue weighted by Crippen LogP contribution is -2.23. The average Bonchev–Trinajstić information content (AvgIpc) is 3.55. The number of hydrogen-bond acceptors (Lipinski definition) is 9. The number of nitrogens with zero attached hydrogens (tertiary/aromatic N) is 3. The summed E-state index contributed by atoms with van der Waals surface area (Å²) in [4.78, 5) is 25.6. The number of ether oxygens (including phenoxy) is 2. The Labute approximate surface area is 186 Å². The molecule has 1 aliphatic carbocycles. The summed E-state index contributed by atoms with van der Waals surface area (Å²) in [5.41, 5.74) is 2.57. The summed E-state index contributed by atoms with van der Waals surface area (Å²) in [7, 11) is 2.98. The maximum absolute atomic E-state index is 12.7. The van der Waals surface area contributed by atoms with Crippen molar-refractivity contribution >= 4 is 39.4 Å². The number of hydrogen-bond donors (Lipinski definition) is 2. The van der Waals surface area contributed by atoms with Gasteiger partial charge in [0.25, 0.3) is 5.91 Å². The third-order valence-electron chi connectivity index (χ3n) is 4.55. The third-order valence-corrected chi connectivity index (χ3v) is 6.93. The van der Waals surface area contributed by atoms with Crippen LogP contribution in [0.5, 0.6) is 5.88 Å². The van der Waals surface area contributed by atoms with E-state index in [-0.39, 0.29) is 11.2 Å². The molecule has 2 N–H and O–H groups in total. The van der Waals surface area contributed by atoms with E-state index in [1.807, 2.05) is 12.1 Å². The van der Waals surface area contributed by atoms with Gasteiger partial charge in [-0.05, 0) is 12.1 Å². The second-order valence-electron chi connectivity index (χ2n) is 6.81. The monoisotopic (exact) mass is 459 g/mol. The number of aromatic nitrogens is 3. The fourth-order valence-electron chi connectivity index (χ4n) is 2.78. The number of amides is 1. The molecule has 11 heteroatoms. The van der Waals surface area contributed by atoms with Gasteiger partial charge in [0.15, 0.2) is 6.10 Å². The first-order valence-corrected chi connectivity index (χ1v) is 11.6. The van der Waals surface area contributed by atoms with E-state index in [1.54, 1.807) is 23.7 Å². The van der Waals surface area contributed by atoms with Gasteiger partial charge in [0.1, 0.15) is 5.25 Å². The Hall–Kier alpha value is -2.73. The molecule has 0 aliphatic heterocycles. The average molecular weight is 460 g/mol. The van der Waals surface area contributed by atoms with Crippen LogP contribution in [-0.2, 0) is 20.9 Å². The molecule has 2 unspecified atom stereocenters. The van der Waals surface area contributed by atoms with Crippen molar-refractivity contribution < 1.29 is 18.8 Å². The molecule has 1 amide bonds. The molecule has 1 aliphatic rings. The molecule has 2 heterocycles. The molecule has 1 saturated carbocycles. The molecule has 162 valence electrons. The van der Waals surface area contributed by atoms with Crippen molar-refractivity contribution in [3.05, 3.63) is 47.7 Å². The predicted octanol–water partition coefficient (Wildman–Crippen LogP) is 3.17. The number of carbonyl (C=O) groups is 1. The van der Waals surface area contributed by atoms with Gasteiger partial charge >= 0.3 is 0 Å². The van der Waals surface area contributed by atoms with E-state index in [4.69, 9.17) is 9.47 Å². The van der Waals surface area contributed by atoms with Crippen LogP contribution in [0.25, 0.3) is 11.3 Å². The normalized spacial score (nSPS) is 15.2. The van der Waals surface area contributed by atoms with E-state index >= 15 is 0 Å². The summed E-state index contributed by atoms with van der Waals surface area (Å²) in [6, 6.07) is 7.21. The van der Waals surface area contributed by atoms with Crippen LogP contribution in [0.15, 0.2) is 42.0 Å². The lowest BCUT2D eigenvalue weighted by atomic mass is 10.1. The molecule has 2 atom stereocenters. The fourth-order valence-corrected chi connectivity index (χ4v) is 4.74. The van der Waals surface area contributed by atoms with Gasteiger partial charge in [-0.25, -0.2) is 9.97 Å². The Kier molecular flexibility index (Phi) is 6.66. The van der Waals surface area contributed by atoms with Gasteiger partial charge in [-0.3, -0.25) is 9.78 Å². The molecule has 3 aromatic rings. The van der Waals surface area contributed by atoms with E-state index in [9.17, 15) is 9.35 Å². The van der Waals surface area contributed by atoms with Gasteiger partial charge < -0.3 is 19.3 Å². The second kappa shape index (κ2) is 9.60. The van der Waals surface area contributed by atoms with E-state index < -0.39 is 17.5 Å². The van der Waals surface area contributed by atoms with Crippen molar-refractivity contribution in [2.45, 2.75) is 24.2 Å². The molecule has 0 radical (unpaired) electrons. The largest absolute Gasteiger partial charge is 0.593 e. The minimum atomic E-state index is -1.14. The number of anilines is 2. The van der Waals surface area contributed by atoms with Crippen LogP contribution in [0.4, 0.5) is 10.8 Å². The van der Waals surface area contributed by atoms with Crippen molar-refractivity contribution in [2.75, 3.05) is 24.3 Å². The Bertz CT molecular complexity index is 1040. The van der Waals surface area contributed by atoms with Crippen LogP contribution in [0.2, 0.25) is 0 Å². The first-order valence-electron chi connectivity index (χ1n) is 9.50. The van der Waals surface area contributed by atoms with Crippen molar-refractivity contribution in [2.24, 2.45) is 0 Å². The molecule has 9 nitrogen and oxygen atoms in total. The number of carbonyl (C=O) groups excluding carboxylic acids is 1. The minimum Gasteiger partial charge on any atom is -0.593 e. The Morgan fingerprint density at radius 2 is 2.00 bits per heavy atom. The van der Waals surface area contributed by atoms with Crippen LogP contribution in [-0.4, -0.2) is 44.9 Å². The van der Waals surface area contributed by atoms with E-state index in [0.717, 1.165) is 18.4 Å². The summed E-state index contributed by atoms with van der Waals surface area (Å²) >= 11 is 0.158. The van der Waals surface area contributed by atoms with E-state index in [0.29, 0.717) is 28.1 Å². The van der Waals surface area contributed by atoms with Gasteiger partial charge in [0.2, 0.25) is 11.0 Å². The number of methoxy groups -OCH3 is 2. The molecule has 0 bridgehead atoms. The standard InChI is InChI=1S/C20H21N5O4S2/c1-28-17-10-21-9-15(23-17)12-3-5-13(6-4-12)22-19(26)18(29-2)16-11-30-20(24-16)25-31(27)14-7-8-14/h3-6,9-11,14,18H,7-8H2,1-2H3,(H,22,26)(H,24,25). The van der Waals surface area contributed by atoms with Crippen LogP contribution in [0, 0.1) is 0 Å². The molecule has 31 heavy (non-hydrogen) atoms. The zero-order chi connectivity index (χ0) is 21.8. The van der Waals surface area contributed by atoms with Gasteiger partial charge in [-0.15, -0.1) is 11.3 Å². The van der Waals surface area contributed by atoms with Crippen molar-refractivity contribution in [3.63, 3.8) is 0 Å². The number of benzene rings is 1. The summed E-state index contributed by atoms with van der Waals surface area (Å²) in [5, 5.41) is 5.26. The Balaban J connectivity index is 1.41. The highest BCUT2D eigenvalue weighted by molar-refractivity contribution is 7.93. The zero-order valence-corrected chi connectivity index (χ0v) is 18.5. The molecular weight excluding hydrogens is 438 g/mol. The SMILES string of the molecule is COc1cncc(-c2ccc(NC(=O)C(OC)c3csc(N[S+]([O-])C4CC4)n3)cc2)n1. The molecule has 1 aromatic carbocycles. The fraction of sp³-hybridized carbons (Fsp3) is 0.300. The van der Waals surface area contributed by atoms with E-state index in [2.05, 4.69) is 25.0 Å². The first-order chi connectivity index (χ1) is 15.1. The lowest BCUT2D eigenvalue weighted by Gasteiger charge is -2.14. The lowest BCUT2D eigenvalue weighted by molar-refractivity contribution is -0.126. The summed E-state index contributed by atoms with van der Waals surface area (Å²) < 4.78 is 25.4. The highest BCUT2D eigenvalue weighted by Crippen LogP contribution is 2.31. The van der Waals surface area contributed by atoms with Gasteiger partial charge in [0, 0.05) is 36.6 Å². The molecule has 0 saturated heterocycles. The topological polar surface area (TPSA) is 121 Å². The Morgan fingerprint density at radius 3 is 2.68 bits per heavy atom. The predicted molar refractivity (Wildman–Crippen MR) is 119 cm³/mol. The molecule has 4 rings (SSSR count). The maximum atomic E-state index is 12.7. The highest BCUT2D eigenvalue weighted by atomic mass is 32.2. The molecular formula is C20H21N5O4S2. The zero-order valence-electron chi connectivity index (χ0n) is 16.9. The molecule has 2 aromatic heterocycles. The van der Waals surface area contributed by atoms with Crippen molar-refractivity contribution in [3.8, 4) is 17.1 Å². The van der Waals surface area contributed by atoms with Gasteiger partial charge in [-0.2, -0.15) is 4.72 Å². The number of rotatable bonds is 9. The number of nitrogens with one attached hydrogen (secondary N) is 2. The third kappa shape index (κ3) is 5.31. The molecule has 1 fully saturated rings. The van der Waals surface area contributed by atoms with Crippen LogP contribution >= 0.6 is 11.3 Å². The second-order valence-corrected chi connectivity index (χ2v) is 9.13. The van der Waals surface area contributed by atoms with Gasteiger partial charge in [-0.1, -0.05) is 12.1 Å². The minimum absolute atomic E-state index is 0.194. The number of thiazole rings is 1. The summed E-state index contributed by atoms with van der Waals surface area (Å²) in [6.07, 6.45) is 4.21. The summed E-state index contributed by atoms with van der Waals surface area (Å²) in [5.74, 6) is 0.0764. The van der Waals surface area contributed by atoms with E-state index in [1.165, 1.54) is 31.8 Å². The Morgan fingerprint density at radius 1 is 1.23 bits per heavy atom.